The van der Waals surface area contributed by atoms with Gasteiger partial charge in [0.2, 0.25) is 5.91 Å². The van der Waals surface area contributed by atoms with Crippen molar-refractivity contribution in [1.82, 2.24) is 5.32 Å². The molecule has 1 rings (SSSR count). The summed E-state index contributed by atoms with van der Waals surface area (Å²) in [7, 11) is -5.07. The molecule has 0 spiro atoms. The molecule has 1 aliphatic rings. The molecule has 1 saturated heterocycles. The molecule has 0 saturated carbocycles. The van der Waals surface area contributed by atoms with Gasteiger partial charge in [-0.25, -0.2) is 4.18 Å². The van der Waals surface area contributed by atoms with Crippen LogP contribution in [-0.2, 0) is 28.9 Å². The van der Waals surface area contributed by atoms with Crippen molar-refractivity contribution in [3.8, 4) is 0 Å². The minimum absolute atomic E-state index is 0.237. The van der Waals surface area contributed by atoms with Crippen LogP contribution in [0.3, 0.4) is 0 Å². The predicted octanol–water partition coefficient (Wildman–Crippen LogP) is 6.82. The number of unbranched alkanes of at least 4 members (excludes halogenated alkanes) is 20. The molecule has 1 aliphatic heterocycles. The first-order valence-corrected chi connectivity index (χ1v) is 21.9. The maximum absolute atomic E-state index is 13.0. The van der Waals surface area contributed by atoms with Crippen molar-refractivity contribution in [3.63, 3.8) is 0 Å². The van der Waals surface area contributed by atoms with Gasteiger partial charge in [-0.2, -0.15) is 8.42 Å². The van der Waals surface area contributed by atoms with E-state index in [0.717, 1.165) is 51.4 Å². The second-order valence-corrected chi connectivity index (χ2v) is 15.6. The Morgan fingerprint density at radius 2 is 1.23 bits per heavy atom. The van der Waals surface area contributed by atoms with E-state index < -0.39 is 59.9 Å². The quantitative estimate of drug-likeness (QED) is 0.0229. The number of amides is 1. The van der Waals surface area contributed by atoms with Crippen molar-refractivity contribution >= 4 is 16.3 Å². The number of allylic oxidation sites excluding steroid dienone is 2. The lowest BCUT2D eigenvalue weighted by Gasteiger charge is -2.41. The maximum atomic E-state index is 13.0. The van der Waals surface area contributed by atoms with Gasteiger partial charge in [-0.3, -0.25) is 9.35 Å². The molecule has 1 amide bonds. The first kappa shape index (κ1) is 48.9. The standard InChI is InChI=1S/C39H75NO11S/c1-3-5-7-9-11-13-15-16-17-18-19-21-23-25-27-29-35(43)40-32(33(42)28-26-24-22-20-14-12-10-8-6-4-2)31-49-39-37(45)38(51-52(46,47)48)36(44)34(30-41)50-39/h13,15,32-34,36-39,41-42,44-45H,3-12,14,16-31H2,1-2H3,(H,40,43)(H,46,47,48)/b15-13-. The molecule has 0 aromatic carbocycles. The van der Waals surface area contributed by atoms with E-state index in [9.17, 15) is 33.6 Å². The van der Waals surface area contributed by atoms with E-state index in [2.05, 4.69) is 35.5 Å². The van der Waals surface area contributed by atoms with Crippen LogP contribution in [0.5, 0.6) is 0 Å². The van der Waals surface area contributed by atoms with Crippen molar-refractivity contribution in [2.45, 2.75) is 217 Å². The molecule has 6 N–H and O–H groups in total. The normalized spacial score (nSPS) is 22.2. The van der Waals surface area contributed by atoms with Crippen LogP contribution in [0.15, 0.2) is 12.2 Å². The molecular formula is C39H75NO11S. The van der Waals surface area contributed by atoms with Crippen LogP contribution in [0.2, 0.25) is 0 Å². The van der Waals surface area contributed by atoms with Gasteiger partial charge in [0, 0.05) is 6.42 Å². The van der Waals surface area contributed by atoms with Crippen LogP contribution < -0.4 is 5.32 Å². The smallest absolute Gasteiger partial charge is 0.394 e. The molecule has 12 nitrogen and oxygen atoms in total. The summed E-state index contributed by atoms with van der Waals surface area (Å²) in [6.07, 6.45) is 22.2. The first-order valence-electron chi connectivity index (χ1n) is 20.6. The predicted molar refractivity (Wildman–Crippen MR) is 204 cm³/mol. The zero-order valence-electron chi connectivity index (χ0n) is 32.4. The maximum Gasteiger partial charge on any atom is 0.397 e. The van der Waals surface area contributed by atoms with E-state index in [1.54, 1.807) is 0 Å². The summed E-state index contributed by atoms with van der Waals surface area (Å²) in [5, 5.41) is 44.6. The average Bonchev–Trinajstić information content (AvgIpc) is 3.11. The molecule has 52 heavy (non-hydrogen) atoms. The monoisotopic (exact) mass is 766 g/mol. The summed E-state index contributed by atoms with van der Waals surface area (Å²) >= 11 is 0. The minimum atomic E-state index is -5.07. The molecule has 7 atom stereocenters. The Labute approximate surface area is 315 Å². The van der Waals surface area contributed by atoms with Gasteiger partial charge < -0.3 is 35.2 Å². The molecule has 0 radical (unpaired) electrons. The number of aliphatic hydroxyl groups is 4. The number of ether oxygens (including phenoxy) is 2. The molecule has 13 heteroatoms. The van der Waals surface area contributed by atoms with E-state index in [4.69, 9.17) is 14.0 Å². The third kappa shape index (κ3) is 24.3. The van der Waals surface area contributed by atoms with E-state index >= 15 is 0 Å². The molecule has 1 heterocycles. The summed E-state index contributed by atoms with van der Waals surface area (Å²) in [6, 6.07) is -0.854. The third-order valence-corrected chi connectivity index (χ3v) is 10.3. The fourth-order valence-electron chi connectivity index (χ4n) is 6.57. The van der Waals surface area contributed by atoms with Crippen molar-refractivity contribution < 1.29 is 51.8 Å². The second kappa shape index (κ2) is 31.1. The average molecular weight is 766 g/mol. The van der Waals surface area contributed by atoms with Gasteiger partial charge in [-0.1, -0.05) is 142 Å². The Bertz CT molecular complexity index is 999. The summed E-state index contributed by atoms with van der Waals surface area (Å²) in [4.78, 5) is 13.0. The molecule has 0 aromatic heterocycles. The van der Waals surface area contributed by atoms with Gasteiger partial charge in [0.05, 0.1) is 25.4 Å². The molecule has 0 bridgehead atoms. The summed E-state index contributed by atoms with van der Waals surface area (Å²) in [5.41, 5.74) is 0. The molecular weight excluding hydrogens is 690 g/mol. The number of hydrogen-bond acceptors (Lipinski definition) is 10. The topological polar surface area (TPSA) is 192 Å². The number of nitrogens with one attached hydrogen (secondary N) is 1. The molecule has 308 valence electrons. The SMILES string of the molecule is CCCCCC/C=C\CCCCCCCCCC(=O)NC(COC1OC(CO)C(O)C(OS(=O)(=O)O)C1O)C(O)CCCCCCCCCCCC. The van der Waals surface area contributed by atoms with Crippen LogP contribution in [0.25, 0.3) is 0 Å². The van der Waals surface area contributed by atoms with E-state index in [1.165, 1.54) is 89.9 Å². The molecule has 7 unspecified atom stereocenters. The van der Waals surface area contributed by atoms with Crippen molar-refractivity contribution in [1.29, 1.82) is 0 Å². The fourth-order valence-corrected chi connectivity index (χ4v) is 7.08. The van der Waals surface area contributed by atoms with E-state index in [0.29, 0.717) is 12.8 Å². The Balaban J connectivity index is 2.55. The summed E-state index contributed by atoms with van der Waals surface area (Å²) < 4.78 is 47.4. The van der Waals surface area contributed by atoms with Gasteiger partial charge in [0.15, 0.2) is 6.29 Å². The minimum Gasteiger partial charge on any atom is -0.394 e. The van der Waals surface area contributed by atoms with Crippen LogP contribution in [0.4, 0.5) is 0 Å². The number of aliphatic hydroxyl groups excluding tert-OH is 4. The lowest BCUT2D eigenvalue weighted by molar-refractivity contribution is -0.298. The van der Waals surface area contributed by atoms with Gasteiger partial charge in [-0.15, -0.1) is 0 Å². The van der Waals surface area contributed by atoms with E-state index in [-0.39, 0.29) is 18.9 Å². The molecule has 0 aliphatic carbocycles. The number of carbonyl (C=O) groups is 1. The second-order valence-electron chi connectivity index (χ2n) is 14.6. The van der Waals surface area contributed by atoms with E-state index in [1.807, 2.05) is 0 Å². The Hall–Kier alpha value is -1.16. The molecule has 1 fully saturated rings. The number of rotatable bonds is 34. The van der Waals surface area contributed by atoms with Crippen LogP contribution >= 0.6 is 0 Å². The van der Waals surface area contributed by atoms with Gasteiger partial charge in [0.1, 0.15) is 24.4 Å². The van der Waals surface area contributed by atoms with Crippen molar-refractivity contribution in [2.75, 3.05) is 13.2 Å². The number of carbonyl (C=O) groups excluding carboxylic acids is 1. The fraction of sp³-hybridized carbons (Fsp3) is 0.923. The summed E-state index contributed by atoms with van der Waals surface area (Å²) in [5.74, 6) is -0.237. The largest absolute Gasteiger partial charge is 0.397 e. The van der Waals surface area contributed by atoms with Gasteiger partial charge >= 0.3 is 10.4 Å². The van der Waals surface area contributed by atoms with Crippen LogP contribution in [0.1, 0.15) is 174 Å². The van der Waals surface area contributed by atoms with Gasteiger partial charge in [-0.05, 0) is 38.5 Å². The first-order chi connectivity index (χ1) is 25.0. The van der Waals surface area contributed by atoms with Crippen LogP contribution in [-0.4, -0.2) is 95.4 Å². The van der Waals surface area contributed by atoms with Crippen LogP contribution in [0, 0.1) is 0 Å². The lowest BCUT2D eigenvalue weighted by Crippen LogP contribution is -2.61. The van der Waals surface area contributed by atoms with Gasteiger partial charge in [0.25, 0.3) is 0 Å². The Morgan fingerprint density at radius 1 is 0.750 bits per heavy atom. The highest BCUT2D eigenvalue weighted by Gasteiger charge is 2.48. The number of hydrogen-bond donors (Lipinski definition) is 6. The highest BCUT2D eigenvalue weighted by molar-refractivity contribution is 7.80. The highest BCUT2D eigenvalue weighted by Crippen LogP contribution is 2.26. The lowest BCUT2D eigenvalue weighted by atomic mass is 9.99. The zero-order valence-corrected chi connectivity index (χ0v) is 33.2. The van der Waals surface area contributed by atoms with Crippen molar-refractivity contribution in [3.05, 3.63) is 12.2 Å². The Morgan fingerprint density at radius 3 is 1.75 bits per heavy atom. The highest BCUT2D eigenvalue weighted by atomic mass is 32.3. The Kier molecular flexibility index (Phi) is 29.2. The summed E-state index contributed by atoms with van der Waals surface area (Å²) in [6.45, 7) is 3.39. The third-order valence-electron chi connectivity index (χ3n) is 9.82. The molecule has 0 aromatic rings. The zero-order chi connectivity index (χ0) is 38.5. The van der Waals surface area contributed by atoms with Crippen molar-refractivity contribution in [2.24, 2.45) is 0 Å².